The summed E-state index contributed by atoms with van der Waals surface area (Å²) in [4.78, 5) is 4.54. The van der Waals surface area contributed by atoms with E-state index in [0.29, 0.717) is 17.5 Å². The third-order valence-corrected chi connectivity index (χ3v) is 3.58. The Kier molecular flexibility index (Phi) is 4.71. The van der Waals surface area contributed by atoms with Crippen LogP contribution in [0.3, 0.4) is 0 Å². The maximum absolute atomic E-state index is 5.88. The zero-order valence-electron chi connectivity index (χ0n) is 12.1. The zero-order chi connectivity index (χ0) is 15.2. The van der Waals surface area contributed by atoms with Gasteiger partial charge >= 0.3 is 0 Å². The molecule has 1 aliphatic heterocycles. The molecule has 0 radical (unpaired) electrons. The van der Waals surface area contributed by atoms with Crippen molar-refractivity contribution in [3.8, 4) is 0 Å². The SMILES string of the molecule is Clc1ccc(N=C2OCC/C2=C\C=C\c2ccccc2)cc1. The minimum atomic E-state index is 0.678. The van der Waals surface area contributed by atoms with E-state index >= 15 is 0 Å². The van der Waals surface area contributed by atoms with Crippen molar-refractivity contribution in [2.24, 2.45) is 4.99 Å². The van der Waals surface area contributed by atoms with E-state index in [1.807, 2.05) is 48.5 Å². The molecule has 0 aromatic heterocycles. The van der Waals surface area contributed by atoms with Crippen LogP contribution in [0.2, 0.25) is 5.02 Å². The highest BCUT2D eigenvalue weighted by atomic mass is 35.5. The number of hydrogen-bond acceptors (Lipinski definition) is 2. The van der Waals surface area contributed by atoms with E-state index in [4.69, 9.17) is 16.3 Å². The van der Waals surface area contributed by atoms with Crippen molar-refractivity contribution in [1.29, 1.82) is 0 Å². The molecule has 0 saturated carbocycles. The van der Waals surface area contributed by atoms with Crippen LogP contribution in [0.4, 0.5) is 5.69 Å². The first-order valence-electron chi connectivity index (χ1n) is 7.21. The fraction of sp³-hybridized carbons (Fsp3) is 0.105. The topological polar surface area (TPSA) is 21.6 Å². The normalized spacial score (nSPS) is 18.2. The Morgan fingerprint density at radius 3 is 2.55 bits per heavy atom. The Morgan fingerprint density at radius 2 is 1.77 bits per heavy atom. The summed E-state index contributed by atoms with van der Waals surface area (Å²) in [5.41, 5.74) is 3.14. The number of allylic oxidation sites excluding steroid dienone is 2. The zero-order valence-corrected chi connectivity index (χ0v) is 12.8. The highest BCUT2D eigenvalue weighted by Gasteiger charge is 2.16. The number of ether oxygens (including phenoxy) is 1. The maximum atomic E-state index is 5.88. The van der Waals surface area contributed by atoms with Crippen LogP contribution >= 0.6 is 11.6 Å². The van der Waals surface area contributed by atoms with E-state index in [2.05, 4.69) is 29.3 Å². The van der Waals surface area contributed by atoms with Crippen LogP contribution in [-0.4, -0.2) is 12.5 Å². The molecule has 3 rings (SSSR count). The van der Waals surface area contributed by atoms with Crippen LogP contribution in [0.5, 0.6) is 0 Å². The monoisotopic (exact) mass is 309 g/mol. The van der Waals surface area contributed by atoms with E-state index in [9.17, 15) is 0 Å². The first-order chi connectivity index (χ1) is 10.8. The molecular weight excluding hydrogens is 294 g/mol. The first kappa shape index (κ1) is 14.6. The van der Waals surface area contributed by atoms with Crippen molar-refractivity contribution in [2.45, 2.75) is 6.42 Å². The van der Waals surface area contributed by atoms with Gasteiger partial charge in [-0.3, -0.25) is 0 Å². The van der Waals surface area contributed by atoms with Gasteiger partial charge in [0, 0.05) is 17.0 Å². The molecule has 1 aliphatic rings. The third kappa shape index (κ3) is 3.86. The Hall–Kier alpha value is -2.32. The Bertz CT molecular complexity index is 715. The highest BCUT2D eigenvalue weighted by Crippen LogP contribution is 2.22. The molecule has 22 heavy (non-hydrogen) atoms. The van der Waals surface area contributed by atoms with Gasteiger partial charge in [0.25, 0.3) is 0 Å². The lowest BCUT2D eigenvalue weighted by Gasteiger charge is -1.99. The fourth-order valence-electron chi connectivity index (χ4n) is 2.19. The van der Waals surface area contributed by atoms with Gasteiger partial charge in [0.1, 0.15) is 0 Å². The van der Waals surface area contributed by atoms with Gasteiger partial charge in [-0.2, -0.15) is 0 Å². The van der Waals surface area contributed by atoms with Crippen LogP contribution in [0.25, 0.3) is 6.08 Å². The molecule has 0 amide bonds. The molecular formula is C19H16ClNO. The molecule has 0 atom stereocenters. The van der Waals surface area contributed by atoms with Crippen LogP contribution in [0.15, 0.2) is 77.3 Å². The Labute approximate surface area is 135 Å². The minimum Gasteiger partial charge on any atom is -0.477 e. The minimum absolute atomic E-state index is 0.678. The summed E-state index contributed by atoms with van der Waals surface area (Å²) in [6.45, 7) is 0.678. The molecule has 1 fully saturated rings. The van der Waals surface area contributed by atoms with Crippen molar-refractivity contribution < 1.29 is 4.74 Å². The van der Waals surface area contributed by atoms with Crippen LogP contribution in [-0.2, 0) is 4.74 Å². The van der Waals surface area contributed by atoms with Gasteiger partial charge in [0.05, 0.1) is 12.3 Å². The van der Waals surface area contributed by atoms with Gasteiger partial charge in [0.2, 0.25) is 5.90 Å². The molecule has 3 heteroatoms. The quantitative estimate of drug-likeness (QED) is 0.740. The third-order valence-electron chi connectivity index (χ3n) is 3.33. The van der Waals surface area contributed by atoms with Crippen LogP contribution in [0.1, 0.15) is 12.0 Å². The van der Waals surface area contributed by atoms with Gasteiger partial charge in [-0.05, 0) is 29.8 Å². The van der Waals surface area contributed by atoms with Crippen molar-refractivity contribution in [3.63, 3.8) is 0 Å². The molecule has 0 N–H and O–H groups in total. The van der Waals surface area contributed by atoms with Crippen molar-refractivity contribution >= 4 is 29.3 Å². The number of benzene rings is 2. The number of hydrogen-bond donors (Lipinski definition) is 0. The Morgan fingerprint density at radius 1 is 1.00 bits per heavy atom. The Balaban J connectivity index is 1.76. The van der Waals surface area contributed by atoms with E-state index in [-0.39, 0.29) is 0 Å². The van der Waals surface area contributed by atoms with Gasteiger partial charge < -0.3 is 4.74 Å². The molecule has 0 bridgehead atoms. The second-order valence-corrected chi connectivity index (χ2v) is 5.39. The summed E-state index contributed by atoms with van der Waals surface area (Å²) in [7, 11) is 0. The largest absolute Gasteiger partial charge is 0.477 e. The lowest BCUT2D eigenvalue weighted by molar-refractivity contribution is 0.344. The van der Waals surface area contributed by atoms with Crippen molar-refractivity contribution in [1.82, 2.24) is 0 Å². The summed E-state index contributed by atoms with van der Waals surface area (Å²) >= 11 is 5.88. The van der Waals surface area contributed by atoms with E-state index in [1.54, 1.807) is 0 Å². The molecule has 1 saturated heterocycles. The number of halogens is 1. The molecule has 0 aliphatic carbocycles. The van der Waals surface area contributed by atoms with E-state index < -0.39 is 0 Å². The first-order valence-corrected chi connectivity index (χ1v) is 7.59. The van der Waals surface area contributed by atoms with E-state index in [1.165, 1.54) is 5.56 Å². The maximum Gasteiger partial charge on any atom is 0.217 e. The smallest absolute Gasteiger partial charge is 0.217 e. The summed E-state index contributed by atoms with van der Waals surface area (Å²) in [6.07, 6.45) is 7.06. The predicted octanol–water partition coefficient (Wildman–Crippen LogP) is 5.43. The molecule has 0 unspecified atom stereocenters. The van der Waals surface area contributed by atoms with Gasteiger partial charge in [-0.25, -0.2) is 4.99 Å². The van der Waals surface area contributed by atoms with Gasteiger partial charge in [-0.1, -0.05) is 60.2 Å². The van der Waals surface area contributed by atoms with Crippen molar-refractivity contribution in [2.75, 3.05) is 6.61 Å². The van der Waals surface area contributed by atoms with Gasteiger partial charge in [0.15, 0.2) is 0 Å². The molecule has 2 aromatic rings. The second-order valence-electron chi connectivity index (χ2n) is 4.95. The van der Waals surface area contributed by atoms with Crippen molar-refractivity contribution in [3.05, 3.63) is 82.9 Å². The lowest BCUT2D eigenvalue weighted by Crippen LogP contribution is -1.95. The standard InChI is InChI=1S/C19H16ClNO/c20-17-9-11-18(12-10-17)21-19-16(13-14-22-19)8-4-7-15-5-2-1-3-6-15/h1-12H,13-14H2/b7-4+,16-8+,21-19?. The summed E-state index contributed by atoms with van der Waals surface area (Å²) < 4.78 is 5.62. The average Bonchev–Trinajstić information content (AvgIpc) is 2.98. The summed E-state index contributed by atoms with van der Waals surface area (Å²) in [5.74, 6) is 0.694. The number of aliphatic imine (C=N–C) groups is 1. The summed E-state index contributed by atoms with van der Waals surface area (Å²) in [5, 5.41) is 0.706. The van der Waals surface area contributed by atoms with Crippen LogP contribution in [0, 0.1) is 0 Å². The number of rotatable bonds is 3. The predicted molar refractivity (Wildman–Crippen MR) is 92.7 cm³/mol. The van der Waals surface area contributed by atoms with Gasteiger partial charge in [-0.15, -0.1) is 0 Å². The molecule has 110 valence electrons. The highest BCUT2D eigenvalue weighted by molar-refractivity contribution is 6.30. The molecule has 1 heterocycles. The molecule has 2 nitrogen and oxygen atoms in total. The average molecular weight is 310 g/mol. The molecule has 0 spiro atoms. The van der Waals surface area contributed by atoms with E-state index in [0.717, 1.165) is 17.7 Å². The molecule has 2 aromatic carbocycles. The fourth-order valence-corrected chi connectivity index (χ4v) is 2.31. The number of nitrogens with zero attached hydrogens (tertiary/aromatic N) is 1. The second kappa shape index (κ2) is 7.10. The lowest BCUT2D eigenvalue weighted by atomic mass is 10.1. The summed E-state index contributed by atoms with van der Waals surface area (Å²) in [6, 6.07) is 17.6. The van der Waals surface area contributed by atoms with Crippen LogP contribution < -0.4 is 0 Å².